The molecular weight excluding hydrogens is 368 g/mol. The molecule has 1 rings (SSSR count). The van der Waals surface area contributed by atoms with Gasteiger partial charge in [-0.1, -0.05) is 61.7 Å². The molecule has 0 amide bonds. The first-order chi connectivity index (χ1) is 8.80. The first kappa shape index (κ1) is 16.8. The van der Waals surface area contributed by atoms with E-state index in [2.05, 4.69) is 58.7 Å². The minimum atomic E-state index is 0.116. The Labute approximate surface area is 133 Å². The molecule has 3 heteroatoms. The second-order valence-electron chi connectivity index (χ2n) is 5.45. The Hall–Kier alpha value is -0.280. The van der Waals surface area contributed by atoms with Crippen molar-refractivity contribution in [2.24, 2.45) is 0 Å². The van der Waals surface area contributed by atoms with Gasteiger partial charge in [0, 0.05) is 9.15 Å². The van der Waals surface area contributed by atoms with E-state index in [0.29, 0.717) is 10.6 Å². The van der Waals surface area contributed by atoms with Gasteiger partial charge in [-0.15, -0.1) is 0 Å². The lowest BCUT2D eigenvalue weighted by Crippen LogP contribution is -2.23. The van der Waals surface area contributed by atoms with E-state index < -0.39 is 0 Å². The third-order valence-electron chi connectivity index (χ3n) is 3.20. The zero-order valence-corrected chi connectivity index (χ0v) is 15.0. The molecule has 0 spiro atoms. The molecule has 1 N–H and O–H groups in total. The van der Waals surface area contributed by atoms with Gasteiger partial charge in [-0.2, -0.15) is 0 Å². The van der Waals surface area contributed by atoms with Crippen LogP contribution in [0.2, 0.25) is 0 Å². The number of rotatable bonds is 6. The summed E-state index contributed by atoms with van der Waals surface area (Å²) in [5.74, 6) is 0.381. The number of phenols is 1. The second-order valence-corrected chi connectivity index (χ2v) is 8.60. The molecule has 19 heavy (non-hydrogen) atoms. The Bertz CT molecular complexity index is 433. The van der Waals surface area contributed by atoms with Crippen LogP contribution in [0.3, 0.4) is 0 Å². The average molecular weight is 390 g/mol. The van der Waals surface area contributed by atoms with Crippen molar-refractivity contribution in [2.45, 2.75) is 49.2 Å². The predicted molar refractivity (Wildman–Crippen MR) is 90.5 cm³/mol. The maximum atomic E-state index is 9.71. The quantitative estimate of drug-likeness (QED) is 0.496. The van der Waals surface area contributed by atoms with Crippen LogP contribution in [0.25, 0.3) is 0 Å². The van der Waals surface area contributed by atoms with Crippen LogP contribution in [0.5, 0.6) is 5.75 Å². The van der Waals surface area contributed by atoms with Crippen molar-refractivity contribution in [1.29, 1.82) is 0 Å². The highest BCUT2D eigenvalue weighted by atomic mass is 79.9. The summed E-state index contributed by atoms with van der Waals surface area (Å²) in [4.78, 5) is 0.452. The van der Waals surface area contributed by atoms with E-state index in [-0.39, 0.29) is 4.32 Å². The summed E-state index contributed by atoms with van der Waals surface area (Å²) in [6, 6.07) is 7.51. The van der Waals surface area contributed by atoms with Crippen molar-refractivity contribution in [1.82, 2.24) is 0 Å². The molecule has 106 valence electrons. The lowest BCUT2D eigenvalue weighted by Gasteiger charge is -2.23. The molecule has 0 heterocycles. The molecule has 0 aliphatic rings. The smallest absolute Gasteiger partial charge is 0.119 e. The van der Waals surface area contributed by atoms with E-state index in [4.69, 9.17) is 0 Å². The molecule has 0 aliphatic carbocycles. The number of aromatic hydroxyl groups is 1. The van der Waals surface area contributed by atoms with E-state index in [0.717, 1.165) is 24.8 Å². The highest BCUT2D eigenvalue weighted by Gasteiger charge is 2.23. The molecule has 0 aromatic heterocycles. The lowest BCUT2D eigenvalue weighted by atomic mass is 10.0. The van der Waals surface area contributed by atoms with Gasteiger partial charge < -0.3 is 5.11 Å². The molecule has 1 aromatic rings. The van der Waals surface area contributed by atoms with Crippen LogP contribution in [0.1, 0.15) is 39.2 Å². The number of hydrogen-bond donors (Lipinski definition) is 1. The molecule has 0 radical (unpaired) electrons. The fraction of sp³-hybridized carbons (Fsp3) is 0.500. The first-order valence-corrected chi connectivity index (χ1v) is 8.27. The van der Waals surface area contributed by atoms with Crippen molar-refractivity contribution < 1.29 is 5.11 Å². The first-order valence-electron chi connectivity index (χ1n) is 6.56. The zero-order chi connectivity index (χ0) is 14.5. The number of phenolic OH excluding ortho intramolecular Hbond substituents is 1. The largest absolute Gasteiger partial charge is 0.508 e. The van der Waals surface area contributed by atoms with E-state index in [1.54, 1.807) is 6.07 Å². The molecule has 0 fully saturated rings. The number of benzene rings is 1. The summed E-state index contributed by atoms with van der Waals surface area (Å²) in [5, 5.41) is 9.71. The monoisotopic (exact) mass is 388 g/mol. The van der Waals surface area contributed by atoms with Gasteiger partial charge in [0.05, 0.1) is 0 Å². The molecule has 1 atom stereocenters. The van der Waals surface area contributed by atoms with Crippen LogP contribution in [0, 0.1) is 0 Å². The molecule has 1 nitrogen and oxygen atoms in total. The molecular formula is C16H22Br2O. The average Bonchev–Trinajstić information content (AvgIpc) is 2.33. The van der Waals surface area contributed by atoms with Gasteiger partial charge in [-0.3, -0.25) is 0 Å². The Balaban J connectivity index is 2.48. The predicted octanol–water partition coefficient (Wildman–Crippen LogP) is 5.60. The van der Waals surface area contributed by atoms with Gasteiger partial charge in [0.25, 0.3) is 0 Å². The molecule has 0 bridgehead atoms. The van der Waals surface area contributed by atoms with Crippen LogP contribution in [0.15, 0.2) is 35.9 Å². The van der Waals surface area contributed by atoms with Crippen molar-refractivity contribution in [3.8, 4) is 5.75 Å². The van der Waals surface area contributed by atoms with Gasteiger partial charge in [-0.25, -0.2) is 0 Å². The zero-order valence-electron chi connectivity index (χ0n) is 11.8. The van der Waals surface area contributed by atoms with Gasteiger partial charge in [0.2, 0.25) is 0 Å². The Morgan fingerprint density at radius 3 is 2.58 bits per heavy atom. The highest BCUT2D eigenvalue weighted by Crippen LogP contribution is 2.31. The Morgan fingerprint density at radius 2 is 2.00 bits per heavy atom. The minimum Gasteiger partial charge on any atom is -0.508 e. The summed E-state index contributed by atoms with van der Waals surface area (Å²) in [7, 11) is 0. The van der Waals surface area contributed by atoms with Crippen LogP contribution < -0.4 is 0 Å². The molecule has 0 saturated carbocycles. The third-order valence-corrected chi connectivity index (χ3v) is 5.97. The van der Waals surface area contributed by atoms with Gasteiger partial charge in [0.1, 0.15) is 5.75 Å². The maximum absolute atomic E-state index is 9.71. The number of hydrogen-bond acceptors (Lipinski definition) is 1. The molecule has 0 saturated heterocycles. The maximum Gasteiger partial charge on any atom is 0.119 e. The third kappa shape index (κ3) is 6.13. The van der Waals surface area contributed by atoms with Crippen molar-refractivity contribution in [3.63, 3.8) is 0 Å². The summed E-state index contributed by atoms with van der Waals surface area (Å²) in [5.41, 5.74) is 2.35. The normalized spacial score (nSPS) is 14.5. The summed E-state index contributed by atoms with van der Waals surface area (Å²) in [6.07, 6.45) is 5.17. The van der Waals surface area contributed by atoms with Crippen molar-refractivity contribution in [2.75, 3.05) is 0 Å². The van der Waals surface area contributed by atoms with Crippen LogP contribution >= 0.6 is 31.9 Å². The number of allylic oxidation sites excluding steroid dienone is 2. The van der Waals surface area contributed by atoms with Gasteiger partial charge in [-0.05, 0) is 51.7 Å². The molecule has 1 unspecified atom stereocenters. The number of para-hydroxylation sites is 1. The van der Waals surface area contributed by atoms with E-state index in [9.17, 15) is 5.11 Å². The number of alkyl halides is 2. The minimum absolute atomic E-state index is 0.116. The van der Waals surface area contributed by atoms with Crippen LogP contribution in [-0.2, 0) is 6.42 Å². The van der Waals surface area contributed by atoms with Crippen molar-refractivity contribution in [3.05, 3.63) is 41.5 Å². The SMILES string of the molecule is C/C(=C\Cc1ccccc1O)CCC(Br)C(C)(C)Br. The number of halogens is 2. The fourth-order valence-corrected chi connectivity index (χ4v) is 2.23. The fourth-order valence-electron chi connectivity index (χ4n) is 1.77. The van der Waals surface area contributed by atoms with E-state index in [1.807, 2.05) is 18.2 Å². The molecule has 0 aliphatic heterocycles. The summed E-state index contributed by atoms with van der Waals surface area (Å²) < 4.78 is 0.116. The van der Waals surface area contributed by atoms with Crippen LogP contribution in [0.4, 0.5) is 0 Å². The standard InChI is InChI=1S/C16H22Br2O/c1-12(9-11-15(17)16(2,3)18)8-10-13-6-4-5-7-14(13)19/h4-8,15,19H,9-11H2,1-3H3/b12-8+. The van der Waals surface area contributed by atoms with E-state index in [1.165, 1.54) is 5.57 Å². The molecule has 1 aromatic carbocycles. The Kier molecular flexibility index (Phi) is 6.61. The summed E-state index contributed by atoms with van der Waals surface area (Å²) in [6.45, 7) is 6.50. The highest BCUT2D eigenvalue weighted by molar-refractivity contribution is 9.12. The lowest BCUT2D eigenvalue weighted by molar-refractivity contribution is 0.469. The van der Waals surface area contributed by atoms with Crippen molar-refractivity contribution >= 4 is 31.9 Å². The van der Waals surface area contributed by atoms with Gasteiger partial charge >= 0.3 is 0 Å². The van der Waals surface area contributed by atoms with Crippen LogP contribution in [-0.4, -0.2) is 14.3 Å². The van der Waals surface area contributed by atoms with E-state index >= 15 is 0 Å². The van der Waals surface area contributed by atoms with Gasteiger partial charge in [0.15, 0.2) is 0 Å². The topological polar surface area (TPSA) is 20.2 Å². The second kappa shape index (κ2) is 7.49. The summed E-state index contributed by atoms with van der Waals surface area (Å²) >= 11 is 7.40. The Morgan fingerprint density at radius 1 is 1.37 bits per heavy atom.